The van der Waals surface area contributed by atoms with Crippen LogP contribution in [0.4, 0.5) is 0 Å². The highest BCUT2D eigenvalue weighted by atomic mass is 35.5. The topological polar surface area (TPSA) is 72.5 Å². The molecule has 18 heavy (non-hydrogen) atoms. The summed E-state index contributed by atoms with van der Waals surface area (Å²) in [5.41, 5.74) is 5.98. The molecule has 1 aliphatic carbocycles. The molecule has 5 heteroatoms. The van der Waals surface area contributed by atoms with Crippen LogP contribution >= 0.6 is 11.6 Å². The number of nitrogens with two attached hydrogens (primary N) is 1. The molecule has 0 heterocycles. The van der Waals surface area contributed by atoms with Crippen LogP contribution in [-0.2, 0) is 4.79 Å². The Morgan fingerprint density at radius 3 is 2.72 bits per heavy atom. The van der Waals surface area contributed by atoms with E-state index in [1.165, 1.54) is 0 Å². The summed E-state index contributed by atoms with van der Waals surface area (Å²) in [5, 5.41) is 9.67. The summed E-state index contributed by atoms with van der Waals surface area (Å²) in [6.45, 7) is 2.41. The van der Waals surface area contributed by atoms with Gasteiger partial charge in [0, 0.05) is 6.04 Å². The van der Waals surface area contributed by atoms with E-state index in [1.54, 1.807) is 18.2 Å². The summed E-state index contributed by atoms with van der Waals surface area (Å²) in [6.07, 6.45) is 1.24. The van der Waals surface area contributed by atoms with Gasteiger partial charge in [-0.05, 0) is 37.5 Å². The van der Waals surface area contributed by atoms with Gasteiger partial charge in [0.25, 0.3) is 0 Å². The van der Waals surface area contributed by atoms with Crippen LogP contribution in [-0.4, -0.2) is 17.7 Å². The SMILES string of the molecule is CCOc1ccc(C(N)C2(C(=O)O)CC2)cc1Cl. The molecule has 0 radical (unpaired) electrons. The molecule has 3 N–H and O–H groups in total. The normalized spacial score (nSPS) is 18.2. The molecule has 1 aromatic carbocycles. The van der Waals surface area contributed by atoms with Gasteiger partial charge in [-0.3, -0.25) is 4.79 Å². The third-order valence-corrected chi connectivity index (χ3v) is 3.72. The highest BCUT2D eigenvalue weighted by Gasteiger charge is 2.55. The largest absolute Gasteiger partial charge is 0.492 e. The van der Waals surface area contributed by atoms with E-state index in [1.807, 2.05) is 6.92 Å². The summed E-state index contributed by atoms with van der Waals surface area (Å²) < 4.78 is 5.33. The zero-order valence-electron chi connectivity index (χ0n) is 10.1. The predicted molar refractivity (Wildman–Crippen MR) is 68.9 cm³/mol. The van der Waals surface area contributed by atoms with Crippen molar-refractivity contribution in [3.05, 3.63) is 28.8 Å². The van der Waals surface area contributed by atoms with Crippen molar-refractivity contribution in [1.82, 2.24) is 0 Å². The summed E-state index contributed by atoms with van der Waals surface area (Å²) in [5.74, 6) is -0.240. The molecule has 0 aliphatic heterocycles. The van der Waals surface area contributed by atoms with Crippen molar-refractivity contribution in [2.45, 2.75) is 25.8 Å². The quantitative estimate of drug-likeness (QED) is 0.862. The fraction of sp³-hybridized carbons (Fsp3) is 0.462. The van der Waals surface area contributed by atoms with Crippen LogP contribution in [0.2, 0.25) is 5.02 Å². The first-order chi connectivity index (χ1) is 8.51. The Bertz CT molecular complexity index is 471. The minimum absolute atomic E-state index is 0.464. The van der Waals surface area contributed by atoms with E-state index >= 15 is 0 Å². The minimum atomic E-state index is -0.833. The number of benzene rings is 1. The van der Waals surface area contributed by atoms with E-state index in [0.717, 1.165) is 5.56 Å². The van der Waals surface area contributed by atoms with E-state index in [-0.39, 0.29) is 0 Å². The van der Waals surface area contributed by atoms with E-state index in [4.69, 9.17) is 22.1 Å². The van der Waals surface area contributed by atoms with E-state index in [2.05, 4.69) is 0 Å². The maximum absolute atomic E-state index is 11.2. The number of halogens is 1. The van der Waals surface area contributed by atoms with Crippen LogP contribution in [0.1, 0.15) is 31.4 Å². The van der Waals surface area contributed by atoms with Crippen LogP contribution in [0.5, 0.6) is 5.75 Å². The van der Waals surface area contributed by atoms with Crippen molar-refractivity contribution in [3.8, 4) is 5.75 Å². The van der Waals surface area contributed by atoms with Crippen LogP contribution in [0, 0.1) is 5.41 Å². The molecular formula is C13H16ClNO3. The third-order valence-electron chi connectivity index (χ3n) is 3.42. The summed E-state index contributed by atoms with van der Waals surface area (Å²) in [6, 6.07) is 4.69. The average molecular weight is 270 g/mol. The second-order valence-corrected chi connectivity index (χ2v) is 4.97. The molecule has 1 atom stereocenters. The van der Waals surface area contributed by atoms with Gasteiger partial charge < -0.3 is 15.6 Å². The smallest absolute Gasteiger partial charge is 0.311 e. The third kappa shape index (κ3) is 2.18. The Labute approximate surface area is 111 Å². The van der Waals surface area contributed by atoms with Crippen molar-refractivity contribution in [1.29, 1.82) is 0 Å². The van der Waals surface area contributed by atoms with Gasteiger partial charge in [0.1, 0.15) is 5.75 Å². The zero-order chi connectivity index (χ0) is 13.3. The second kappa shape index (κ2) is 4.78. The van der Waals surface area contributed by atoms with E-state index in [9.17, 15) is 9.90 Å². The van der Waals surface area contributed by atoms with Crippen molar-refractivity contribution in [3.63, 3.8) is 0 Å². The molecular weight excluding hydrogens is 254 g/mol. The first-order valence-electron chi connectivity index (χ1n) is 5.92. The van der Waals surface area contributed by atoms with Gasteiger partial charge in [-0.25, -0.2) is 0 Å². The summed E-state index contributed by atoms with van der Waals surface area (Å²) in [7, 11) is 0. The molecule has 2 rings (SSSR count). The molecule has 1 fully saturated rings. The Kier molecular flexibility index (Phi) is 3.50. The molecule has 1 saturated carbocycles. The first kappa shape index (κ1) is 13.2. The maximum atomic E-state index is 11.2. The van der Waals surface area contributed by atoms with E-state index < -0.39 is 17.4 Å². The lowest BCUT2D eigenvalue weighted by Gasteiger charge is -2.20. The number of carbonyl (C=O) groups is 1. The Morgan fingerprint density at radius 1 is 1.61 bits per heavy atom. The van der Waals surface area contributed by atoms with E-state index in [0.29, 0.717) is 30.2 Å². The van der Waals surface area contributed by atoms with Crippen LogP contribution in [0.15, 0.2) is 18.2 Å². The lowest BCUT2D eigenvalue weighted by atomic mass is 9.91. The lowest BCUT2D eigenvalue weighted by Crippen LogP contribution is -2.29. The predicted octanol–water partition coefficient (Wildman–Crippen LogP) is 2.60. The van der Waals surface area contributed by atoms with Gasteiger partial charge in [0.05, 0.1) is 17.0 Å². The number of hydrogen-bond donors (Lipinski definition) is 2. The second-order valence-electron chi connectivity index (χ2n) is 4.56. The zero-order valence-corrected chi connectivity index (χ0v) is 10.9. The lowest BCUT2D eigenvalue weighted by molar-refractivity contribution is -0.144. The minimum Gasteiger partial charge on any atom is -0.492 e. The number of carboxylic acid groups (broad SMARTS) is 1. The van der Waals surface area contributed by atoms with Gasteiger partial charge in [0.15, 0.2) is 0 Å². The highest BCUT2D eigenvalue weighted by molar-refractivity contribution is 6.32. The van der Waals surface area contributed by atoms with Gasteiger partial charge in [-0.1, -0.05) is 17.7 Å². The number of hydrogen-bond acceptors (Lipinski definition) is 3. The Hall–Kier alpha value is -1.26. The van der Waals surface area contributed by atoms with Gasteiger partial charge in [-0.2, -0.15) is 0 Å². The van der Waals surface area contributed by atoms with Gasteiger partial charge >= 0.3 is 5.97 Å². The maximum Gasteiger partial charge on any atom is 0.311 e. The first-order valence-corrected chi connectivity index (χ1v) is 6.30. The molecule has 0 amide bonds. The van der Waals surface area contributed by atoms with Crippen LogP contribution in [0.3, 0.4) is 0 Å². The van der Waals surface area contributed by atoms with Crippen LogP contribution in [0.25, 0.3) is 0 Å². The molecule has 0 bridgehead atoms. The molecule has 98 valence electrons. The molecule has 4 nitrogen and oxygen atoms in total. The average Bonchev–Trinajstić information content (AvgIpc) is 3.12. The van der Waals surface area contributed by atoms with Gasteiger partial charge in [-0.15, -0.1) is 0 Å². The Balaban J connectivity index is 2.24. The summed E-state index contributed by atoms with van der Waals surface area (Å²) >= 11 is 6.07. The fourth-order valence-corrected chi connectivity index (χ4v) is 2.34. The van der Waals surface area contributed by atoms with Gasteiger partial charge in [0.2, 0.25) is 0 Å². The van der Waals surface area contributed by atoms with Crippen molar-refractivity contribution in [2.75, 3.05) is 6.61 Å². The Morgan fingerprint density at radius 2 is 2.28 bits per heavy atom. The fourth-order valence-electron chi connectivity index (χ4n) is 2.09. The molecule has 1 aromatic rings. The molecule has 0 aromatic heterocycles. The molecule has 1 unspecified atom stereocenters. The monoisotopic (exact) mass is 269 g/mol. The summed E-state index contributed by atoms with van der Waals surface area (Å²) in [4.78, 5) is 11.2. The molecule has 0 spiro atoms. The standard InChI is InChI=1S/C13H16ClNO3/c1-2-18-10-4-3-8(7-9(10)14)11(15)13(5-6-13)12(16)17/h3-4,7,11H,2,5-6,15H2,1H3,(H,16,17). The number of aliphatic carboxylic acids is 1. The number of ether oxygens (including phenoxy) is 1. The van der Waals surface area contributed by atoms with Crippen molar-refractivity contribution >= 4 is 17.6 Å². The molecule has 1 aliphatic rings. The van der Waals surface area contributed by atoms with Crippen molar-refractivity contribution < 1.29 is 14.6 Å². The molecule has 0 saturated heterocycles. The van der Waals surface area contributed by atoms with Crippen LogP contribution < -0.4 is 10.5 Å². The van der Waals surface area contributed by atoms with Crippen molar-refractivity contribution in [2.24, 2.45) is 11.1 Å². The highest BCUT2D eigenvalue weighted by Crippen LogP contribution is 2.54. The number of rotatable bonds is 5. The number of carboxylic acids is 1.